The van der Waals surface area contributed by atoms with Crippen molar-refractivity contribution in [2.24, 2.45) is 5.92 Å². The van der Waals surface area contributed by atoms with Gasteiger partial charge in [0.2, 0.25) is 5.91 Å². The molecule has 2 atom stereocenters. The Hall–Kier alpha value is -2.81. The van der Waals surface area contributed by atoms with Crippen molar-refractivity contribution in [1.82, 2.24) is 5.06 Å². The summed E-state index contributed by atoms with van der Waals surface area (Å²) in [5, 5.41) is 4.06. The molecule has 0 aliphatic carbocycles. The molecule has 6 nitrogen and oxygen atoms in total. The van der Waals surface area contributed by atoms with Gasteiger partial charge in [0.1, 0.15) is 13.4 Å². The van der Waals surface area contributed by atoms with Gasteiger partial charge < -0.3 is 13.9 Å². The molecule has 3 aromatic carbocycles. The summed E-state index contributed by atoms with van der Waals surface area (Å²) in [6.07, 6.45) is 3.03. The van der Waals surface area contributed by atoms with Crippen LogP contribution >= 0.6 is 0 Å². The first-order chi connectivity index (χ1) is 19.9. The van der Waals surface area contributed by atoms with Crippen LogP contribution in [0.3, 0.4) is 0 Å². The van der Waals surface area contributed by atoms with E-state index in [0.29, 0.717) is 32.7 Å². The minimum atomic E-state index is -2.66. The highest BCUT2D eigenvalue weighted by molar-refractivity contribution is 6.99. The zero-order valence-electron chi connectivity index (χ0n) is 25.0. The first kappa shape index (κ1) is 31.1. The van der Waals surface area contributed by atoms with E-state index in [1.807, 2.05) is 30.3 Å². The summed E-state index contributed by atoms with van der Waals surface area (Å²) in [5.41, 5.74) is 1.04. The molecule has 7 heteroatoms. The summed E-state index contributed by atoms with van der Waals surface area (Å²) in [4.78, 5) is 19.9. The van der Waals surface area contributed by atoms with E-state index in [2.05, 4.69) is 81.4 Å². The van der Waals surface area contributed by atoms with Crippen LogP contribution in [0, 0.1) is 5.92 Å². The molecule has 1 saturated heterocycles. The Labute approximate surface area is 246 Å². The lowest BCUT2D eigenvalue weighted by molar-refractivity contribution is -0.220. The topological polar surface area (TPSA) is 57.2 Å². The van der Waals surface area contributed by atoms with E-state index < -0.39 is 8.32 Å². The molecular formula is C34H45NO5Si. The summed E-state index contributed by atoms with van der Waals surface area (Å²) in [7, 11) is -1.05. The molecule has 41 heavy (non-hydrogen) atoms. The fraction of sp³-hybridized carbons (Fsp3) is 0.441. The van der Waals surface area contributed by atoms with E-state index in [4.69, 9.17) is 18.7 Å². The third kappa shape index (κ3) is 7.73. The van der Waals surface area contributed by atoms with Crippen LogP contribution in [0.4, 0.5) is 0 Å². The third-order valence-electron chi connectivity index (χ3n) is 7.96. The average molecular weight is 576 g/mol. The van der Waals surface area contributed by atoms with Gasteiger partial charge in [0.05, 0.1) is 12.6 Å². The van der Waals surface area contributed by atoms with E-state index in [9.17, 15) is 4.79 Å². The van der Waals surface area contributed by atoms with Crippen LogP contribution in [0.1, 0.15) is 52.0 Å². The molecular weight excluding hydrogens is 530 g/mol. The zero-order valence-corrected chi connectivity index (χ0v) is 26.0. The SMILES string of the molecule is COCOCC[C@@H]1CC[C@H](CCO[Si](c2ccccc2)(c2ccccc2)C(C)(C)C)N(OCc2ccccc2)C1=O. The second-order valence-corrected chi connectivity index (χ2v) is 16.1. The number of piperidine rings is 1. The largest absolute Gasteiger partial charge is 0.407 e. The Bertz CT molecular complexity index is 1150. The summed E-state index contributed by atoms with van der Waals surface area (Å²) < 4.78 is 17.6. The van der Waals surface area contributed by atoms with Crippen molar-refractivity contribution >= 4 is 24.6 Å². The van der Waals surface area contributed by atoms with Gasteiger partial charge in [-0.2, -0.15) is 0 Å². The molecule has 1 amide bonds. The summed E-state index contributed by atoms with van der Waals surface area (Å²) in [6.45, 7) is 8.47. The highest BCUT2D eigenvalue weighted by Crippen LogP contribution is 2.37. The fourth-order valence-electron chi connectivity index (χ4n) is 5.89. The highest BCUT2D eigenvalue weighted by atomic mass is 28.4. The standard InChI is InChI=1S/C34H45NO5Si/c1-34(2,3)41(31-16-10-6-11-17-31,32-18-12-7-13-19-32)40-25-23-30-21-20-29(22-24-38-27-37-4)33(36)35(30)39-26-28-14-8-5-9-15-28/h5-19,29-30H,20-27H2,1-4H3/t29-,30+/m0/s1. The number of hydroxylamine groups is 2. The van der Waals surface area contributed by atoms with Crippen LogP contribution in [0.15, 0.2) is 91.0 Å². The summed E-state index contributed by atoms with van der Waals surface area (Å²) >= 11 is 0. The van der Waals surface area contributed by atoms with Gasteiger partial charge in [-0.15, -0.1) is 0 Å². The van der Waals surface area contributed by atoms with Crippen LogP contribution in [-0.4, -0.2) is 52.4 Å². The van der Waals surface area contributed by atoms with E-state index >= 15 is 0 Å². The van der Waals surface area contributed by atoms with Gasteiger partial charge >= 0.3 is 0 Å². The lowest BCUT2D eigenvalue weighted by atomic mass is 9.90. The van der Waals surface area contributed by atoms with Gasteiger partial charge in [-0.1, -0.05) is 112 Å². The van der Waals surface area contributed by atoms with Crippen LogP contribution in [0.2, 0.25) is 5.04 Å². The molecule has 4 rings (SSSR count). The van der Waals surface area contributed by atoms with Crippen molar-refractivity contribution in [2.45, 2.75) is 64.1 Å². The fourth-order valence-corrected chi connectivity index (χ4v) is 10.5. The quantitative estimate of drug-likeness (QED) is 0.140. The van der Waals surface area contributed by atoms with Crippen LogP contribution in [0.25, 0.3) is 0 Å². The van der Waals surface area contributed by atoms with Crippen LogP contribution in [-0.2, 0) is 30.1 Å². The smallest absolute Gasteiger partial charge is 0.261 e. The monoisotopic (exact) mass is 575 g/mol. The van der Waals surface area contributed by atoms with Gasteiger partial charge in [0, 0.05) is 19.6 Å². The van der Waals surface area contributed by atoms with Gasteiger partial charge in [-0.3, -0.25) is 9.63 Å². The normalized spacial score (nSPS) is 18.0. The maximum Gasteiger partial charge on any atom is 0.261 e. The Morgan fingerprint density at radius 3 is 1.95 bits per heavy atom. The predicted molar refractivity (Wildman–Crippen MR) is 165 cm³/mol. The maximum atomic E-state index is 13.7. The number of rotatable bonds is 14. The first-order valence-electron chi connectivity index (χ1n) is 14.7. The van der Waals surface area contributed by atoms with Crippen molar-refractivity contribution < 1.29 is 23.5 Å². The number of amides is 1. The number of carbonyl (C=O) groups excluding carboxylic acids is 1. The summed E-state index contributed by atoms with van der Waals surface area (Å²) in [6, 6.07) is 31.3. The molecule has 220 valence electrons. The number of nitrogens with zero attached hydrogens (tertiary/aromatic N) is 1. The lowest BCUT2D eigenvalue weighted by Crippen LogP contribution is -2.66. The number of methoxy groups -OCH3 is 1. The molecule has 0 spiro atoms. The number of hydrogen-bond donors (Lipinski definition) is 0. The Kier molecular flexibility index (Phi) is 11.3. The molecule has 0 bridgehead atoms. The number of carbonyl (C=O) groups is 1. The van der Waals surface area contributed by atoms with E-state index in [1.165, 1.54) is 10.4 Å². The van der Waals surface area contributed by atoms with Crippen LogP contribution < -0.4 is 10.4 Å². The Balaban J connectivity index is 1.53. The van der Waals surface area contributed by atoms with Crippen molar-refractivity contribution in [3.63, 3.8) is 0 Å². The van der Waals surface area contributed by atoms with Crippen molar-refractivity contribution in [3.05, 3.63) is 96.6 Å². The highest BCUT2D eigenvalue weighted by Gasteiger charge is 2.50. The van der Waals surface area contributed by atoms with E-state index in [-0.39, 0.29) is 29.7 Å². The molecule has 1 fully saturated rings. The lowest BCUT2D eigenvalue weighted by Gasteiger charge is -2.44. The molecule has 0 N–H and O–H groups in total. The number of benzene rings is 3. The van der Waals surface area contributed by atoms with Gasteiger partial charge in [-0.05, 0) is 46.7 Å². The zero-order chi connectivity index (χ0) is 29.1. The maximum absolute atomic E-state index is 13.7. The van der Waals surface area contributed by atoms with Crippen molar-refractivity contribution in [3.8, 4) is 0 Å². The molecule has 1 heterocycles. The number of ether oxygens (including phenoxy) is 2. The molecule has 1 aliphatic heterocycles. The molecule has 3 aromatic rings. The Morgan fingerprint density at radius 1 is 0.805 bits per heavy atom. The molecule has 0 aromatic heterocycles. The Morgan fingerprint density at radius 2 is 1.39 bits per heavy atom. The minimum Gasteiger partial charge on any atom is -0.407 e. The van der Waals surface area contributed by atoms with E-state index in [1.54, 1.807) is 12.2 Å². The molecule has 0 saturated carbocycles. The van der Waals surface area contributed by atoms with Crippen molar-refractivity contribution in [2.75, 3.05) is 27.1 Å². The van der Waals surface area contributed by atoms with Crippen LogP contribution in [0.5, 0.6) is 0 Å². The van der Waals surface area contributed by atoms with E-state index in [0.717, 1.165) is 18.4 Å². The predicted octanol–water partition coefficient (Wildman–Crippen LogP) is 5.70. The van der Waals surface area contributed by atoms with Gasteiger partial charge in [0.25, 0.3) is 8.32 Å². The molecule has 0 unspecified atom stereocenters. The third-order valence-corrected chi connectivity index (χ3v) is 13.0. The van der Waals surface area contributed by atoms with Gasteiger partial charge in [-0.25, -0.2) is 5.06 Å². The minimum absolute atomic E-state index is 0.0312. The average Bonchev–Trinajstić information content (AvgIpc) is 2.99. The van der Waals surface area contributed by atoms with Crippen molar-refractivity contribution in [1.29, 1.82) is 0 Å². The summed E-state index contributed by atoms with van der Waals surface area (Å²) in [5.74, 6) is -0.0971. The molecule has 0 radical (unpaired) electrons. The van der Waals surface area contributed by atoms with Gasteiger partial charge in [0.15, 0.2) is 0 Å². The molecule has 1 aliphatic rings. The second kappa shape index (κ2) is 14.9. The first-order valence-corrected chi connectivity index (χ1v) is 16.6. The second-order valence-electron chi connectivity index (χ2n) is 11.8. The number of hydrogen-bond acceptors (Lipinski definition) is 5.